The fourth-order valence-electron chi connectivity index (χ4n) is 2.17. The molecule has 0 aliphatic carbocycles. The van der Waals surface area contributed by atoms with E-state index in [0.717, 1.165) is 12.3 Å². The molecule has 3 atom stereocenters. The van der Waals surface area contributed by atoms with E-state index in [0.29, 0.717) is 11.6 Å². The van der Waals surface area contributed by atoms with E-state index in [-0.39, 0.29) is 17.8 Å². The van der Waals surface area contributed by atoms with Crippen LogP contribution in [-0.4, -0.2) is 36.5 Å². The van der Waals surface area contributed by atoms with Crippen LogP contribution in [0.3, 0.4) is 0 Å². The van der Waals surface area contributed by atoms with Crippen LogP contribution in [0.5, 0.6) is 0 Å². The molecule has 3 unspecified atom stereocenters. The number of halogens is 1. The minimum Gasteiger partial charge on any atom is -0.324 e. The lowest BCUT2D eigenvalue weighted by molar-refractivity contribution is 0.223. The van der Waals surface area contributed by atoms with Crippen molar-refractivity contribution in [2.45, 2.75) is 25.9 Å². The Labute approximate surface area is 120 Å². The normalized spacial score (nSPS) is 16.4. The maximum atomic E-state index is 13.7. The Morgan fingerprint density at radius 2 is 1.95 bits per heavy atom. The molecule has 2 nitrogen and oxygen atoms in total. The first-order chi connectivity index (χ1) is 8.97. The highest BCUT2D eigenvalue weighted by molar-refractivity contribution is 7.98. The van der Waals surface area contributed by atoms with Crippen LogP contribution in [0, 0.1) is 11.7 Å². The van der Waals surface area contributed by atoms with Crippen molar-refractivity contribution in [3.8, 4) is 0 Å². The lowest BCUT2D eigenvalue weighted by Gasteiger charge is -2.30. The van der Waals surface area contributed by atoms with Gasteiger partial charge in [-0.2, -0.15) is 11.8 Å². The monoisotopic (exact) mass is 284 g/mol. The SMILES string of the molecule is CSCC(C)N(C)CC(C)C(N)c1ccccc1F. The number of nitrogens with two attached hydrogens (primary N) is 1. The molecule has 0 radical (unpaired) electrons. The Bertz CT molecular complexity index is 386. The number of rotatable bonds is 7. The summed E-state index contributed by atoms with van der Waals surface area (Å²) in [6, 6.07) is 7.04. The van der Waals surface area contributed by atoms with Crippen LogP contribution in [0.15, 0.2) is 24.3 Å². The highest BCUT2D eigenvalue weighted by atomic mass is 32.2. The lowest BCUT2D eigenvalue weighted by Crippen LogP contribution is -2.37. The first-order valence-electron chi connectivity index (χ1n) is 6.66. The van der Waals surface area contributed by atoms with Crippen molar-refractivity contribution in [1.82, 2.24) is 4.90 Å². The molecule has 1 aromatic rings. The van der Waals surface area contributed by atoms with Gasteiger partial charge in [-0.15, -0.1) is 0 Å². The van der Waals surface area contributed by atoms with Gasteiger partial charge in [0.2, 0.25) is 0 Å². The van der Waals surface area contributed by atoms with Crippen LogP contribution >= 0.6 is 11.8 Å². The predicted molar refractivity (Wildman–Crippen MR) is 83.0 cm³/mol. The van der Waals surface area contributed by atoms with Gasteiger partial charge in [0.05, 0.1) is 0 Å². The summed E-state index contributed by atoms with van der Waals surface area (Å²) in [5, 5.41) is 0. The van der Waals surface area contributed by atoms with Gasteiger partial charge in [-0.05, 0) is 32.2 Å². The molecule has 0 saturated carbocycles. The standard InChI is InChI=1S/C15H25FN2S/c1-11(9-18(3)12(2)10-19-4)15(17)13-7-5-6-8-14(13)16/h5-8,11-12,15H,9-10,17H2,1-4H3. The highest BCUT2D eigenvalue weighted by Gasteiger charge is 2.21. The van der Waals surface area contributed by atoms with E-state index in [1.54, 1.807) is 12.1 Å². The maximum absolute atomic E-state index is 13.7. The van der Waals surface area contributed by atoms with Gasteiger partial charge in [-0.1, -0.05) is 25.1 Å². The zero-order valence-corrected chi connectivity index (χ0v) is 13.1. The molecule has 0 aliphatic heterocycles. The van der Waals surface area contributed by atoms with E-state index in [2.05, 4.69) is 32.1 Å². The van der Waals surface area contributed by atoms with Gasteiger partial charge >= 0.3 is 0 Å². The molecule has 0 heterocycles. The van der Waals surface area contributed by atoms with Gasteiger partial charge in [-0.25, -0.2) is 4.39 Å². The Morgan fingerprint density at radius 1 is 1.32 bits per heavy atom. The molecule has 0 fully saturated rings. The van der Waals surface area contributed by atoms with Crippen molar-refractivity contribution in [2.75, 3.05) is 25.6 Å². The molecule has 4 heteroatoms. The third kappa shape index (κ3) is 4.79. The summed E-state index contributed by atoms with van der Waals surface area (Å²) in [4.78, 5) is 2.29. The van der Waals surface area contributed by atoms with Gasteiger partial charge in [-0.3, -0.25) is 0 Å². The van der Waals surface area contributed by atoms with Crippen molar-refractivity contribution >= 4 is 11.8 Å². The number of hydrogen-bond acceptors (Lipinski definition) is 3. The van der Waals surface area contributed by atoms with Crippen LogP contribution < -0.4 is 5.73 Å². The summed E-state index contributed by atoms with van der Waals surface area (Å²) < 4.78 is 13.7. The maximum Gasteiger partial charge on any atom is 0.127 e. The second kappa shape index (κ2) is 7.88. The molecule has 1 aromatic carbocycles. The molecule has 0 amide bonds. The smallest absolute Gasteiger partial charge is 0.127 e. The van der Waals surface area contributed by atoms with Crippen LogP contribution in [0.2, 0.25) is 0 Å². The molecular weight excluding hydrogens is 259 g/mol. The van der Waals surface area contributed by atoms with Gasteiger partial charge in [0.1, 0.15) is 5.82 Å². The Balaban J connectivity index is 2.63. The molecule has 1 rings (SSSR count). The van der Waals surface area contributed by atoms with E-state index in [9.17, 15) is 4.39 Å². The van der Waals surface area contributed by atoms with Gasteiger partial charge in [0.25, 0.3) is 0 Å². The molecule has 2 N–H and O–H groups in total. The molecule has 0 aromatic heterocycles. The molecule has 19 heavy (non-hydrogen) atoms. The van der Waals surface area contributed by atoms with E-state index in [1.165, 1.54) is 6.07 Å². The zero-order chi connectivity index (χ0) is 14.4. The number of nitrogens with zero attached hydrogens (tertiary/aromatic N) is 1. The minimum absolute atomic E-state index is 0.207. The summed E-state index contributed by atoms with van der Waals surface area (Å²) >= 11 is 1.84. The fraction of sp³-hybridized carbons (Fsp3) is 0.600. The van der Waals surface area contributed by atoms with Crippen LogP contribution in [-0.2, 0) is 0 Å². The lowest BCUT2D eigenvalue weighted by atomic mass is 9.94. The number of benzene rings is 1. The first kappa shape index (κ1) is 16.5. The molecule has 0 spiro atoms. The quantitative estimate of drug-likeness (QED) is 0.834. The third-order valence-electron chi connectivity index (χ3n) is 3.61. The summed E-state index contributed by atoms with van der Waals surface area (Å²) in [6.07, 6.45) is 2.11. The van der Waals surface area contributed by atoms with Gasteiger partial charge < -0.3 is 10.6 Å². The van der Waals surface area contributed by atoms with Crippen molar-refractivity contribution in [2.24, 2.45) is 11.7 Å². The average Bonchev–Trinajstić information content (AvgIpc) is 2.38. The van der Waals surface area contributed by atoms with Crippen molar-refractivity contribution in [3.63, 3.8) is 0 Å². The topological polar surface area (TPSA) is 29.3 Å². The highest BCUT2D eigenvalue weighted by Crippen LogP contribution is 2.23. The Hall–Kier alpha value is -0.580. The molecular formula is C15H25FN2S. The predicted octanol–water partition coefficient (Wildman–Crippen LogP) is 3.14. The minimum atomic E-state index is -0.259. The van der Waals surface area contributed by atoms with Crippen LogP contribution in [0.4, 0.5) is 4.39 Å². The summed E-state index contributed by atoms with van der Waals surface area (Å²) in [6.45, 7) is 5.16. The second-order valence-electron chi connectivity index (χ2n) is 5.27. The molecule has 108 valence electrons. The first-order valence-corrected chi connectivity index (χ1v) is 8.06. The number of thioether (sulfide) groups is 1. The second-order valence-corrected chi connectivity index (χ2v) is 6.18. The van der Waals surface area contributed by atoms with Crippen molar-refractivity contribution in [3.05, 3.63) is 35.6 Å². The van der Waals surface area contributed by atoms with Crippen LogP contribution in [0.1, 0.15) is 25.5 Å². The fourth-order valence-corrected chi connectivity index (χ4v) is 2.91. The molecule has 0 bridgehead atoms. The molecule has 0 saturated heterocycles. The van der Waals surface area contributed by atoms with E-state index in [1.807, 2.05) is 17.8 Å². The average molecular weight is 284 g/mol. The van der Waals surface area contributed by atoms with Gasteiger partial charge in [0, 0.05) is 29.9 Å². The summed E-state index contributed by atoms with van der Waals surface area (Å²) in [5.74, 6) is 1.10. The number of hydrogen-bond donors (Lipinski definition) is 1. The summed E-state index contributed by atoms with van der Waals surface area (Å²) in [7, 11) is 2.10. The third-order valence-corrected chi connectivity index (χ3v) is 4.43. The molecule has 0 aliphatic rings. The van der Waals surface area contributed by atoms with Crippen LogP contribution in [0.25, 0.3) is 0 Å². The van der Waals surface area contributed by atoms with Crippen molar-refractivity contribution < 1.29 is 4.39 Å². The zero-order valence-electron chi connectivity index (χ0n) is 12.3. The van der Waals surface area contributed by atoms with Gasteiger partial charge in [0.15, 0.2) is 0 Å². The van der Waals surface area contributed by atoms with Crippen molar-refractivity contribution in [1.29, 1.82) is 0 Å². The van der Waals surface area contributed by atoms with E-state index < -0.39 is 0 Å². The Morgan fingerprint density at radius 3 is 2.53 bits per heavy atom. The Kier molecular flexibility index (Phi) is 6.83. The van der Waals surface area contributed by atoms with E-state index >= 15 is 0 Å². The summed E-state index contributed by atoms with van der Waals surface area (Å²) in [5.41, 5.74) is 6.80. The van der Waals surface area contributed by atoms with E-state index in [4.69, 9.17) is 5.73 Å². The largest absolute Gasteiger partial charge is 0.324 e.